The van der Waals surface area contributed by atoms with Crippen LogP contribution in [0.3, 0.4) is 0 Å². The van der Waals surface area contributed by atoms with Crippen molar-refractivity contribution < 1.29 is 22.4 Å². The van der Waals surface area contributed by atoms with Gasteiger partial charge < -0.3 is 9.88 Å². The van der Waals surface area contributed by atoms with E-state index in [0.29, 0.717) is 36.1 Å². The first kappa shape index (κ1) is 20.4. The minimum atomic E-state index is -4.56. The second-order valence-electron chi connectivity index (χ2n) is 7.96. The number of carbonyl (C=O) groups is 1. The molecule has 1 aliphatic rings. The fourth-order valence-electron chi connectivity index (χ4n) is 4.16. The van der Waals surface area contributed by atoms with Gasteiger partial charge in [0.25, 0.3) is 5.91 Å². The number of rotatable bonds is 2. The summed E-state index contributed by atoms with van der Waals surface area (Å²) in [5.74, 6) is -0.928. The van der Waals surface area contributed by atoms with Gasteiger partial charge >= 0.3 is 6.18 Å². The molecule has 0 spiro atoms. The highest BCUT2D eigenvalue weighted by Gasteiger charge is 2.36. The van der Waals surface area contributed by atoms with Crippen molar-refractivity contribution in [2.24, 2.45) is 0 Å². The van der Waals surface area contributed by atoms with Crippen molar-refractivity contribution >= 4 is 22.6 Å². The first-order chi connectivity index (χ1) is 15.2. The fraction of sp³-hybridized carbons (Fsp3) is 0.333. The maximum Gasteiger partial charge on any atom is 0.433 e. The first-order valence-electron chi connectivity index (χ1n) is 10.1. The van der Waals surface area contributed by atoms with E-state index in [4.69, 9.17) is 0 Å². The Morgan fingerprint density at radius 2 is 2.00 bits per heavy atom. The summed E-state index contributed by atoms with van der Waals surface area (Å²) in [7, 11) is 0. The zero-order valence-electron chi connectivity index (χ0n) is 16.9. The predicted octanol–water partition coefficient (Wildman–Crippen LogP) is 4.09. The highest BCUT2D eigenvalue weighted by molar-refractivity contribution is 5.94. The number of H-pyrrole nitrogens is 1. The predicted molar refractivity (Wildman–Crippen MR) is 107 cm³/mol. The van der Waals surface area contributed by atoms with Crippen LogP contribution in [0.5, 0.6) is 0 Å². The van der Waals surface area contributed by atoms with Gasteiger partial charge in [0.05, 0.1) is 16.7 Å². The zero-order chi connectivity index (χ0) is 22.6. The number of aromatic nitrogens is 5. The van der Waals surface area contributed by atoms with Gasteiger partial charge in [-0.25, -0.2) is 18.9 Å². The molecule has 32 heavy (non-hydrogen) atoms. The third-order valence-corrected chi connectivity index (χ3v) is 5.64. The summed E-state index contributed by atoms with van der Waals surface area (Å²) in [4.78, 5) is 25.8. The Labute approximate surface area is 179 Å². The van der Waals surface area contributed by atoms with Crippen LogP contribution in [0.1, 0.15) is 46.5 Å². The van der Waals surface area contributed by atoms with E-state index >= 15 is 0 Å². The van der Waals surface area contributed by atoms with Gasteiger partial charge in [-0.3, -0.25) is 4.79 Å². The van der Waals surface area contributed by atoms with Crippen LogP contribution in [0, 0.1) is 12.7 Å². The van der Waals surface area contributed by atoms with E-state index in [9.17, 15) is 22.4 Å². The first-order valence-corrected chi connectivity index (χ1v) is 10.1. The molecule has 0 saturated carbocycles. The van der Waals surface area contributed by atoms with Crippen LogP contribution >= 0.6 is 0 Å². The van der Waals surface area contributed by atoms with Gasteiger partial charge in [-0.05, 0) is 44.0 Å². The molecule has 4 aromatic rings. The van der Waals surface area contributed by atoms with E-state index in [1.54, 1.807) is 11.0 Å². The Morgan fingerprint density at radius 1 is 1.19 bits per heavy atom. The summed E-state index contributed by atoms with van der Waals surface area (Å²) in [6, 6.07) is 6.53. The lowest BCUT2D eigenvalue weighted by Gasteiger charge is -2.31. The van der Waals surface area contributed by atoms with E-state index < -0.39 is 17.7 Å². The summed E-state index contributed by atoms with van der Waals surface area (Å²) in [5.41, 5.74) is 0.837. The smallest absolute Gasteiger partial charge is 0.335 e. The number of hydrogen-bond acceptors (Lipinski definition) is 4. The lowest BCUT2D eigenvalue weighted by Crippen LogP contribution is -2.39. The van der Waals surface area contributed by atoms with Crippen LogP contribution in [-0.4, -0.2) is 48.5 Å². The van der Waals surface area contributed by atoms with E-state index in [0.717, 1.165) is 10.6 Å². The number of aryl methyl sites for hydroxylation is 1. The van der Waals surface area contributed by atoms with Crippen molar-refractivity contribution in [1.29, 1.82) is 0 Å². The Balaban J connectivity index is 1.43. The maximum absolute atomic E-state index is 13.4. The molecular weight excluding hydrogens is 428 g/mol. The minimum Gasteiger partial charge on any atom is -0.335 e. The van der Waals surface area contributed by atoms with E-state index in [2.05, 4.69) is 20.1 Å². The van der Waals surface area contributed by atoms with Crippen molar-refractivity contribution in [2.75, 3.05) is 13.1 Å². The molecular formula is C21H18F4N6O. The largest absolute Gasteiger partial charge is 0.433 e. The number of carbonyl (C=O) groups excluding carboxylic acids is 1. The molecule has 11 heteroatoms. The molecule has 1 aliphatic heterocycles. The standard InChI is InChI=1S/C21H18F4N6O/c1-11-7-17(21(23,24)25)31-18(26-11)9-15(29-31)12-3-2-6-30(10-12)20(32)19-27-14-5-4-13(22)8-16(14)28-19/h4-5,7-9,12H,2-3,6,10H2,1H3,(H,27,28). The number of imidazole rings is 1. The summed E-state index contributed by atoms with van der Waals surface area (Å²) >= 11 is 0. The molecule has 1 N–H and O–H groups in total. The quantitative estimate of drug-likeness (QED) is 0.471. The number of nitrogens with one attached hydrogen (secondary N) is 1. The van der Waals surface area contributed by atoms with Gasteiger partial charge in [0.1, 0.15) is 11.5 Å². The molecule has 0 bridgehead atoms. The number of piperidine rings is 1. The molecule has 166 valence electrons. The average Bonchev–Trinajstić information content (AvgIpc) is 3.35. The topological polar surface area (TPSA) is 79.2 Å². The Kier molecular flexibility index (Phi) is 4.64. The van der Waals surface area contributed by atoms with Gasteiger partial charge in [-0.1, -0.05) is 0 Å². The van der Waals surface area contributed by atoms with Gasteiger partial charge in [-0.2, -0.15) is 18.3 Å². The molecule has 1 amide bonds. The molecule has 1 saturated heterocycles. The van der Waals surface area contributed by atoms with Gasteiger partial charge in [0.15, 0.2) is 11.5 Å². The van der Waals surface area contributed by atoms with E-state index in [1.807, 2.05) is 0 Å². The molecule has 4 heterocycles. The van der Waals surface area contributed by atoms with Crippen LogP contribution in [0.15, 0.2) is 30.3 Å². The summed E-state index contributed by atoms with van der Waals surface area (Å²) in [6.07, 6.45) is -3.22. The van der Waals surface area contributed by atoms with E-state index in [-0.39, 0.29) is 35.5 Å². The average molecular weight is 446 g/mol. The number of nitrogens with zero attached hydrogens (tertiary/aromatic N) is 5. The number of aromatic amines is 1. The molecule has 7 nitrogen and oxygen atoms in total. The van der Waals surface area contributed by atoms with Crippen molar-refractivity contribution in [1.82, 2.24) is 29.5 Å². The number of amides is 1. The molecule has 1 aromatic carbocycles. The number of alkyl halides is 3. The Morgan fingerprint density at radius 3 is 2.78 bits per heavy atom. The molecule has 1 atom stereocenters. The van der Waals surface area contributed by atoms with Crippen LogP contribution < -0.4 is 0 Å². The monoisotopic (exact) mass is 446 g/mol. The SMILES string of the molecule is Cc1cc(C(F)(F)F)n2nc(C3CCCN(C(=O)c4nc5ccc(F)cc5[nH]4)C3)cc2n1. The number of likely N-dealkylation sites (tertiary alicyclic amines) is 1. The van der Waals surface area contributed by atoms with Crippen molar-refractivity contribution in [3.63, 3.8) is 0 Å². The summed E-state index contributed by atoms with van der Waals surface area (Å²) < 4.78 is 54.6. The van der Waals surface area contributed by atoms with E-state index in [1.165, 1.54) is 25.1 Å². The highest BCUT2D eigenvalue weighted by atomic mass is 19.4. The molecule has 0 aliphatic carbocycles. The van der Waals surface area contributed by atoms with Gasteiger partial charge in [-0.15, -0.1) is 0 Å². The number of benzene rings is 1. The number of halogens is 4. The number of fused-ring (bicyclic) bond motifs is 2. The summed E-state index contributed by atoms with van der Waals surface area (Å²) in [6.45, 7) is 2.27. The Hall–Kier alpha value is -3.50. The molecule has 3 aromatic heterocycles. The Bertz CT molecular complexity index is 1340. The third-order valence-electron chi connectivity index (χ3n) is 5.64. The summed E-state index contributed by atoms with van der Waals surface area (Å²) in [5, 5.41) is 4.19. The lowest BCUT2D eigenvalue weighted by molar-refractivity contribution is -0.142. The third kappa shape index (κ3) is 3.57. The minimum absolute atomic E-state index is 0.0953. The molecule has 0 radical (unpaired) electrons. The van der Waals surface area contributed by atoms with Gasteiger partial charge in [0.2, 0.25) is 0 Å². The second-order valence-corrected chi connectivity index (χ2v) is 7.96. The van der Waals surface area contributed by atoms with Crippen molar-refractivity contribution in [3.05, 3.63) is 59.1 Å². The molecule has 5 rings (SSSR count). The van der Waals surface area contributed by atoms with Crippen LogP contribution in [0.25, 0.3) is 16.7 Å². The van der Waals surface area contributed by atoms with Crippen LogP contribution in [0.2, 0.25) is 0 Å². The maximum atomic E-state index is 13.4. The number of hydrogen-bond donors (Lipinski definition) is 1. The van der Waals surface area contributed by atoms with Crippen LogP contribution in [0.4, 0.5) is 17.6 Å². The van der Waals surface area contributed by atoms with Crippen LogP contribution in [-0.2, 0) is 6.18 Å². The fourth-order valence-corrected chi connectivity index (χ4v) is 4.16. The normalized spacial score (nSPS) is 17.4. The van der Waals surface area contributed by atoms with Gasteiger partial charge in [0, 0.05) is 30.8 Å². The van der Waals surface area contributed by atoms with Crippen molar-refractivity contribution in [2.45, 2.75) is 31.9 Å². The molecule has 1 unspecified atom stereocenters. The van der Waals surface area contributed by atoms with Crippen molar-refractivity contribution in [3.8, 4) is 0 Å². The lowest BCUT2D eigenvalue weighted by atomic mass is 9.95. The zero-order valence-corrected chi connectivity index (χ0v) is 16.9. The second kappa shape index (κ2) is 7.28. The highest BCUT2D eigenvalue weighted by Crippen LogP contribution is 2.32. The molecule has 1 fully saturated rings.